The number of furan rings is 1. The number of ether oxygens (including phenoxy) is 1. The number of methoxy groups -OCH3 is 1. The van der Waals surface area contributed by atoms with E-state index in [9.17, 15) is 22.8 Å². The summed E-state index contributed by atoms with van der Waals surface area (Å²) < 4.78 is 50.6. The molecule has 1 heterocycles. The van der Waals surface area contributed by atoms with Gasteiger partial charge in [0.2, 0.25) is 11.8 Å². The number of alkyl halides is 3. The number of amides is 2. The second-order valence-corrected chi connectivity index (χ2v) is 8.87. The number of para-hydroxylation sites is 1. The van der Waals surface area contributed by atoms with Crippen molar-refractivity contribution in [1.82, 2.24) is 4.90 Å². The molecule has 0 aliphatic carbocycles. The molecule has 0 radical (unpaired) electrons. The number of hydrogen-bond donors (Lipinski definition) is 2. The number of nitrogens with one attached hydrogen (secondary N) is 2. The maximum absolute atomic E-state index is 13.1. The SMILES string of the molecule is COc1cc2c(cc1NC(=O)[C@@H](C)N(C)CC(=O)Nc1ccc(Cl)c(C(F)(F)F)c1)oc1ccccc12. The van der Waals surface area contributed by atoms with Gasteiger partial charge in [-0.25, -0.2) is 0 Å². The van der Waals surface area contributed by atoms with Crippen molar-refractivity contribution in [1.29, 1.82) is 0 Å². The Labute approximate surface area is 215 Å². The third-order valence-electron chi connectivity index (χ3n) is 5.95. The molecule has 4 rings (SSSR count). The fraction of sp³-hybridized carbons (Fsp3) is 0.231. The van der Waals surface area contributed by atoms with Crippen molar-refractivity contribution in [3.63, 3.8) is 0 Å². The predicted molar refractivity (Wildman–Crippen MR) is 136 cm³/mol. The molecule has 0 aliphatic heterocycles. The Balaban J connectivity index is 1.44. The van der Waals surface area contributed by atoms with Crippen molar-refractivity contribution in [3.8, 4) is 5.75 Å². The predicted octanol–water partition coefficient (Wildman–Crippen LogP) is 6.16. The van der Waals surface area contributed by atoms with Crippen molar-refractivity contribution in [2.75, 3.05) is 31.3 Å². The Kier molecular flexibility index (Phi) is 7.33. The van der Waals surface area contributed by atoms with Gasteiger partial charge in [-0.2, -0.15) is 13.2 Å². The van der Waals surface area contributed by atoms with Crippen molar-refractivity contribution in [3.05, 3.63) is 65.2 Å². The van der Waals surface area contributed by atoms with E-state index in [2.05, 4.69) is 10.6 Å². The number of likely N-dealkylation sites (N-methyl/N-ethyl adjacent to an activating group) is 1. The highest BCUT2D eigenvalue weighted by molar-refractivity contribution is 6.31. The van der Waals surface area contributed by atoms with Crippen LogP contribution in [0.5, 0.6) is 5.75 Å². The first-order valence-corrected chi connectivity index (χ1v) is 11.5. The molecule has 4 aromatic rings. The summed E-state index contributed by atoms with van der Waals surface area (Å²) in [5.74, 6) is -0.586. The number of benzene rings is 3. The molecule has 1 atom stereocenters. The van der Waals surface area contributed by atoms with Crippen LogP contribution in [0.1, 0.15) is 12.5 Å². The Morgan fingerprint density at radius 3 is 2.49 bits per heavy atom. The molecule has 194 valence electrons. The van der Waals surface area contributed by atoms with Gasteiger partial charge in [-0.1, -0.05) is 29.8 Å². The quantitative estimate of drug-likeness (QED) is 0.297. The highest BCUT2D eigenvalue weighted by Gasteiger charge is 2.33. The van der Waals surface area contributed by atoms with E-state index in [1.165, 1.54) is 18.1 Å². The molecular formula is C26H23ClF3N3O4. The van der Waals surface area contributed by atoms with E-state index >= 15 is 0 Å². The van der Waals surface area contributed by atoms with Gasteiger partial charge in [-0.15, -0.1) is 0 Å². The lowest BCUT2D eigenvalue weighted by Crippen LogP contribution is -2.43. The standard InChI is InChI=1S/C26H23ClF3N3O4/c1-14(33(2)13-24(34)31-15-8-9-19(27)18(10-15)26(28,29)30)25(35)32-20-12-22-17(11-23(20)36-3)16-6-4-5-7-21(16)37-22/h4-12,14H,13H2,1-3H3,(H,31,34)(H,32,35)/t14-/m1/s1. The van der Waals surface area contributed by atoms with Crippen LogP contribution in [0, 0.1) is 0 Å². The van der Waals surface area contributed by atoms with Crippen molar-refractivity contribution >= 4 is 56.7 Å². The second kappa shape index (κ2) is 10.3. The summed E-state index contributed by atoms with van der Waals surface area (Å²) in [7, 11) is 3.03. The first-order valence-electron chi connectivity index (χ1n) is 11.1. The third kappa shape index (κ3) is 5.65. The summed E-state index contributed by atoms with van der Waals surface area (Å²) in [6.07, 6.45) is -4.66. The van der Waals surface area contributed by atoms with Gasteiger partial charge in [0.25, 0.3) is 0 Å². The highest BCUT2D eigenvalue weighted by Crippen LogP contribution is 2.37. The number of rotatable bonds is 7. The van der Waals surface area contributed by atoms with Crippen LogP contribution in [0.3, 0.4) is 0 Å². The summed E-state index contributed by atoms with van der Waals surface area (Å²) >= 11 is 5.62. The summed E-state index contributed by atoms with van der Waals surface area (Å²) in [6.45, 7) is 1.34. The lowest BCUT2D eigenvalue weighted by atomic mass is 10.1. The zero-order valence-electron chi connectivity index (χ0n) is 20.1. The number of carbonyl (C=O) groups excluding carboxylic acids is 2. The Bertz CT molecular complexity index is 1490. The molecule has 11 heteroatoms. The lowest BCUT2D eigenvalue weighted by Gasteiger charge is -2.24. The molecule has 0 bridgehead atoms. The van der Waals surface area contributed by atoms with Crippen LogP contribution in [0.4, 0.5) is 24.5 Å². The molecule has 0 spiro atoms. The number of fused-ring (bicyclic) bond motifs is 3. The molecule has 37 heavy (non-hydrogen) atoms. The van der Waals surface area contributed by atoms with Crippen LogP contribution < -0.4 is 15.4 Å². The smallest absolute Gasteiger partial charge is 0.417 e. The molecule has 7 nitrogen and oxygen atoms in total. The van der Waals surface area contributed by atoms with Crippen LogP contribution in [0.15, 0.2) is 59.0 Å². The maximum Gasteiger partial charge on any atom is 0.417 e. The Morgan fingerprint density at radius 1 is 1.05 bits per heavy atom. The van der Waals surface area contributed by atoms with E-state index in [0.29, 0.717) is 22.6 Å². The molecule has 0 saturated carbocycles. The molecule has 0 saturated heterocycles. The van der Waals surface area contributed by atoms with E-state index in [1.54, 1.807) is 26.1 Å². The first kappa shape index (κ1) is 26.3. The largest absolute Gasteiger partial charge is 0.495 e. The van der Waals surface area contributed by atoms with Crippen LogP contribution in [-0.4, -0.2) is 43.5 Å². The monoisotopic (exact) mass is 533 g/mol. The van der Waals surface area contributed by atoms with Crippen molar-refractivity contribution < 1.29 is 31.9 Å². The normalized spacial score (nSPS) is 12.6. The van der Waals surface area contributed by atoms with Gasteiger partial charge in [0.15, 0.2) is 0 Å². The zero-order chi connectivity index (χ0) is 26.9. The average molecular weight is 534 g/mol. The molecule has 0 fully saturated rings. The topological polar surface area (TPSA) is 83.8 Å². The minimum Gasteiger partial charge on any atom is -0.495 e. The van der Waals surface area contributed by atoms with E-state index < -0.39 is 34.6 Å². The minimum atomic E-state index is -4.66. The molecule has 2 amide bonds. The summed E-state index contributed by atoms with van der Waals surface area (Å²) in [5, 5.41) is 6.48. The van der Waals surface area contributed by atoms with Crippen LogP contribution in [-0.2, 0) is 15.8 Å². The van der Waals surface area contributed by atoms with Gasteiger partial charge in [-0.05, 0) is 44.3 Å². The third-order valence-corrected chi connectivity index (χ3v) is 6.28. The number of carbonyl (C=O) groups is 2. The van der Waals surface area contributed by atoms with Crippen LogP contribution >= 0.6 is 11.6 Å². The first-order chi connectivity index (χ1) is 17.5. The summed E-state index contributed by atoms with van der Waals surface area (Å²) in [6, 6.07) is 13.3. The zero-order valence-corrected chi connectivity index (χ0v) is 20.8. The van der Waals surface area contributed by atoms with E-state index in [4.69, 9.17) is 20.8 Å². The van der Waals surface area contributed by atoms with Crippen LogP contribution in [0.2, 0.25) is 5.02 Å². The number of anilines is 2. The summed E-state index contributed by atoms with van der Waals surface area (Å²) in [4.78, 5) is 26.9. The van der Waals surface area contributed by atoms with Gasteiger partial charge in [-0.3, -0.25) is 14.5 Å². The fourth-order valence-corrected chi connectivity index (χ4v) is 4.06. The van der Waals surface area contributed by atoms with Gasteiger partial charge < -0.3 is 19.8 Å². The minimum absolute atomic E-state index is 0.0592. The highest BCUT2D eigenvalue weighted by atomic mass is 35.5. The molecule has 0 unspecified atom stereocenters. The summed E-state index contributed by atoms with van der Waals surface area (Å²) in [5.41, 5.74) is 0.549. The fourth-order valence-electron chi connectivity index (χ4n) is 3.84. The van der Waals surface area contributed by atoms with Gasteiger partial charge >= 0.3 is 6.18 Å². The molecule has 2 N–H and O–H groups in total. The molecule has 3 aromatic carbocycles. The second-order valence-electron chi connectivity index (χ2n) is 8.47. The Morgan fingerprint density at radius 2 is 1.78 bits per heavy atom. The number of halogens is 4. The van der Waals surface area contributed by atoms with E-state index in [0.717, 1.165) is 22.9 Å². The van der Waals surface area contributed by atoms with E-state index in [1.807, 2.05) is 24.3 Å². The number of hydrogen-bond acceptors (Lipinski definition) is 5. The molecule has 1 aromatic heterocycles. The average Bonchev–Trinajstić information content (AvgIpc) is 3.20. The number of nitrogens with zero attached hydrogens (tertiary/aromatic N) is 1. The van der Waals surface area contributed by atoms with Crippen LogP contribution in [0.25, 0.3) is 21.9 Å². The Hall–Kier alpha value is -3.76. The molecular weight excluding hydrogens is 511 g/mol. The molecule has 0 aliphatic rings. The lowest BCUT2D eigenvalue weighted by molar-refractivity contribution is -0.137. The maximum atomic E-state index is 13.1. The van der Waals surface area contributed by atoms with Crippen molar-refractivity contribution in [2.45, 2.75) is 19.1 Å². The van der Waals surface area contributed by atoms with Gasteiger partial charge in [0, 0.05) is 22.5 Å². The van der Waals surface area contributed by atoms with E-state index in [-0.39, 0.29) is 12.2 Å². The van der Waals surface area contributed by atoms with Gasteiger partial charge in [0.05, 0.1) is 36.0 Å². The van der Waals surface area contributed by atoms with Gasteiger partial charge in [0.1, 0.15) is 16.9 Å². The van der Waals surface area contributed by atoms with Crippen molar-refractivity contribution in [2.24, 2.45) is 0 Å².